The summed E-state index contributed by atoms with van der Waals surface area (Å²) in [7, 11) is 1.60. The largest absolute Gasteiger partial charge is 0.496 e. The molecule has 2 rings (SSSR count). The standard InChI is InChI=1S/C14H18ClN3O2S/c1-20-13-3-2-9(15)6-11(13)12-4-5-17-14(21)18(12)8-10(19)7-16/h2-4,6,10,19H,5,7-8,16H2,1H3,(H,17,21)/t10-/m1/s1. The molecule has 0 radical (unpaired) electrons. The fraction of sp³-hybridized carbons (Fsp3) is 0.357. The number of methoxy groups -OCH3 is 1. The SMILES string of the molecule is COc1ccc(Cl)cc1C1=CCNC(=S)N1C[C@H](O)CN. The molecule has 0 fully saturated rings. The van der Waals surface area contributed by atoms with E-state index in [4.69, 9.17) is 34.3 Å². The van der Waals surface area contributed by atoms with Crippen molar-refractivity contribution >= 4 is 34.6 Å². The van der Waals surface area contributed by atoms with Gasteiger partial charge in [0, 0.05) is 23.7 Å². The summed E-state index contributed by atoms with van der Waals surface area (Å²) in [5, 5.41) is 14.1. The first kappa shape index (κ1) is 16.0. The molecule has 0 spiro atoms. The molecule has 0 aliphatic carbocycles. The molecule has 4 N–H and O–H groups in total. The van der Waals surface area contributed by atoms with Crippen molar-refractivity contribution < 1.29 is 9.84 Å². The van der Waals surface area contributed by atoms with E-state index in [0.29, 0.717) is 29.0 Å². The Morgan fingerprint density at radius 2 is 2.33 bits per heavy atom. The highest BCUT2D eigenvalue weighted by Gasteiger charge is 2.24. The first-order valence-electron chi connectivity index (χ1n) is 6.54. The summed E-state index contributed by atoms with van der Waals surface area (Å²) in [5.41, 5.74) is 7.18. The second kappa shape index (κ2) is 7.09. The lowest BCUT2D eigenvalue weighted by Gasteiger charge is -2.33. The lowest BCUT2D eigenvalue weighted by molar-refractivity contribution is 0.164. The van der Waals surface area contributed by atoms with Crippen LogP contribution in [0.3, 0.4) is 0 Å². The number of halogens is 1. The Labute approximate surface area is 134 Å². The molecule has 1 heterocycles. The second-order valence-corrected chi connectivity index (χ2v) is 5.44. The minimum Gasteiger partial charge on any atom is -0.496 e. The number of nitrogens with one attached hydrogen (secondary N) is 1. The molecule has 7 heteroatoms. The quantitative estimate of drug-likeness (QED) is 0.706. The molecule has 5 nitrogen and oxygen atoms in total. The van der Waals surface area contributed by atoms with Gasteiger partial charge in [0.05, 0.1) is 25.5 Å². The van der Waals surface area contributed by atoms with Crippen molar-refractivity contribution in [3.8, 4) is 5.75 Å². The third-order valence-corrected chi connectivity index (χ3v) is 3.79. The van der Waals surface area contributed by atoms with Gasteiger partial charge in [0.25, 0.3) is 0 Å². The maximum atomic E-state index is 9.84. The topological polar surface area (TPSA) is 70.8 Å². The molecule has 1 aliphatic heterocycles. The van der Waals surface area contributed by atoms with E-state index >= 15 is 0 Å². The Hall–Kier alpha value is -1.34. The first-order valence-corrected chi connectivity index (χ1v) is 7.33. The van der Waals surface area contributed by atoms with E-state index in [1.165, 1.54) is 0 Å². The molecule has 1 atom stereocenters. The average Bonchev–Trinajstić information content (AvgIpc) is 2.49. The highest BCUT2D eigenvalue weighted by atomic mass is 35.5. The van der Waals surface area contributed by atoms with E-state index in [1.807, 2.05) is 17.0 Å². The van der Waals surface area contributed by atoms with Crippen molar-refractivity contribution in [2.75, 3.05) is 26.7 Å². The molecule has 0 unspecified atom stereocenters. The fourth-order valence-corrected chi connectivity index (χ4v) is 2.58. The number of nitrogens with zero attached hydrogens (tertiary/aromatic N) is 1. The molecular weight excluding hydrogens is 310 g/mol. The summed E-state index contributed by atoms with van der Waals surface area (Å²) in [6.07, 6.45) is 1.31. The molecule has 1 aromatic carbocycles. The van der Waals surface area contributed by atoms with Gasteiger partial charge in [0.15, 0.2) is 5.11 Å². The van der Waals surface area contributed by atoms with Crippen LogP contribution in [0.25, 0.3) is 5.70 Å². The van der Waals surface area contributed by atoms with Gasteiger partial charge in [-0.1, -0.05) is 11.6 Å². The molecular formula is C14H18ClN3O2S. The monoisotopic (exact) mass is 327 g/mol. The average molecular weight is 328 g/mol. The van der Waals surface area contributed by atoms with Crippen LogP contribution >= 0.6 is 23.8 Å². The van der Waals surface area contributed by atoms with Crippen molar-refractivity contribution in [3.05, 3.63) is 34.9 Å². The number of thiocarbonyl (C=S) groups is 1. The van der Waals surface area contributed by atoms with Crippen molar-refractivity contribution in [2.24, 2.45) is 5.73 Å². The lowest BCUT2D eigenvalue weighted by atomic mass is 10.1. The van der Waals surface area contributed by atoms with Gasteiger partial charge in [-0.3, -0.25) is 0 Å². The van der Waals surface area contributed by atoms with Crippen molar-refractivity contribution in [2.45, 2.75) is 6.10 Å². The zero-order chi connectivity index (χ0) is 15.4. The molecule has 0 aromatic heterocycles. The van der Waals surface area contributed by atoms with Gasteiger partial charge < -0.3 is 25.8 Å². The van der Waals surface area contributed by atoms with Crippen LogP contribution in [0.15, 0.2) is 24.3 Å². The molecule has 114 valence electrons. The number of hydrogen-bond donors (Lipinski definition) is 3. The van der Waals surface area contributed by atoms with E-state index in [1.54, 1.807) is 19.2 Å². The number of hydrogen-bond acceptors (Lipinski definition) is 4. The summed E-state index contributed by atoms with van der Waals surface area (Å²) >= 11 is 11.4. The van der Waals surface area contributed by atoms with E-state index < -0.39 is 6.10 Å². The van der Waals surface area contributed by atoms with Crippen molar-refractivity contribution in [1.29, 1.82) is 0 Å². The molecule has 1 aliphatic rings. The van der Waals surface area contributed by atoms with Crippen LogP contribution in [0.2, 0.25) is 5.02 Å². The summed E-state index contributed by atoms with van der Waals surface area (Å²) < 4.78 is 5.39. The summed E-state index contributed by atoms with van der Waals surface area (Å²) in [4.78, 5) is 1.81. The van der Waals surface area contributed by atoms with Crippen LogP contribution in [-0.4, -0.2) is 48.0 Å². The molecule has 1 aromatic rings. The number of rotatable bonds is 5. The summed E-state index contributed by atoms with van der Waals surface area (Å²) in [5.74, 6) is 0.697. The molecule has 21 heavy (non-hydrogen) atoms. The van der Waals surface area contributed by atoms with Crippen LogP contribution in [0.5, 0.6) is 5.75 Å². The summed E-state index contributed by atoms with van der Waals surface area (Å²) in [6.45, 7) is 1.09. The Morgan fingerprint density at radius 3 is 3.00 bits per heavy atom. The van der Waals surface area contributed by atoms with Gasteiger partial charge in [-0.2, -0.15) is 0 Å². The first-order chi connectivity index (χ1) is 10.1. The smallest absolute Gasteiger partial charge is 0.173 e. The highest BCUT2D eigenvalue weighted by Crippen LogP contribution is 2.32. The van der Waals surface area contributed by atoms with Crippen LogP contribution in [0, 0.1) is 0 Å². The van der Waals surface area contributed by atoms with E-state index in [2.05, 4.69) is 5.32 Å². The van der Waals surface area contributed by atoms with Gasteiger partial charge in [-0.15, -0.1) is 0 Å². The Bertz CT molecular complexity index is 565. The number of benzene rings is 1. The van der Waals surface area contributed by atoms with Gasteiger partial charge >= 0.3 is 0 Å². The number of aliphatic hydroxyl groups is 1. The van der Waals surface area contributed by atoms with Gasteiger partial charge in [-0.05, 0) is 36.5 Å². The number of nitrogens with two attached hydrogens (primary N) is 1. The van der Waals surface area contributed by atoms with Crippen LogP contribution in [0.1, 0.15) is 5.56 Å². The van der Waals surface area contributed by atoms with E-state index in [0.717, 1.165) is 11.3 Å². The summed E-state index contributed by atoms with van der Waals surface area (Å²) in [6, 6.07) is 5.39. The van der Waals surface area contributed by atoms with Gasteiger partial charge in [0.2, 0.25) is 0 Å². The van der Waals surface area contributed by atoms with Gasteiger partial charge in [0.1, 0.15) is 5.75 Å². The minimum atomic E-state index is -0.670. The minimum absolute atomic E-state index is 0.166. The van der Waals surface area contributed by atoms with E-state index in [9.17, 15) is 5.11 Å². The third-order valence-electron chi connectivity index (χ3n) is 3.19. The highest BCUT2D eigenvalue weighted by molar-refractivity contribution is 7.80. The molecule has 0 saturated carbocycles. The van der Waals surface area contributed by atoms with Crippen molar-refractivity contribution in [1.82, 2.24) is 10.2 Å². The molecule has 0 amide bonds. The number of ether oxygens (including phenoxy) is 1. The van der Waals surface area contributed by atoms with Crippen LogP contribution < -0.4 is 15.8 Å². The number of aliphatic hydroxyl groups excluding tert-OH is 1. The number of β-amino-alcohol motifs (C(OH)–C–C–N with tert-alkyl or cyclic N) is 1. The fourth-order valence-electron chi connectivity index (χ4n) is 2.15. The van der Waals surface area contributed by atoms with E-state index in [-0.39, 0.29) is 6.54 Å². The Morgan fingerprint density at radius 1 is 1.57 bits per heavy atom. The Balaban J connectivity index is 2.41. The zero-order valence-electron chi connectivity index (χ0n) is 11.7. The predicted molar refractivity (Wildman–Crippen MR) is 88.3 cm³/mol. The van der Waals surface area contributed by atoms with Gasteiger partial charge in [-0.25, -0.2) is 0 Å². The molecule has 0 saturated heterocycles. The maximum absolute atomic E-state index is 9.84. The second-order valence-electron chi connectivity index (χ2n) is 4.62. The maximum Gasteiger partial charge on any atom is 0.173 e. The van der Waals surface area contributed by atoms with Crippen LogP contribution in [-0.2, 0) is 0 Å². The van der Waals surface area contributed by atoms with Crippen molar-refractivity contribution in [3.63, 3.8) is 0 Å². The zero-order valence-corrected chi connectivity index (χ0v) is 13.2. The molecule has 0 bridgehead atoms. The normalized spacial score (nSPS) is 16.3. The predicted octanol–water partition coefficient (Wildman–Crippen LogP) is 1.20. The lowest BCUT2D eigenvalue weighted by Crippen LogP contribution is -2.47. The third kappa shape index (κ3) is 3.65. The van der Waals surface area contributed by atoms with Crippen LogP contribution in [0.4, 0.5) is 0 Å². The Kier molecular flexibility index (Phi) is 5.41.